The van der Waals surface area contributed by atoms with Crippen LogP contribution in [-0.4, -0.2) is 18.5 Å². The summed E-state index contributed by atoms with van der Waals surface area (Å²) in [5.74, 6) is 0.189. The Morgan fingerprint density at radius 2 is 1.85 bits per heavy atom. The van der Waals surface area contributed by atoms with Crippen molar-refractivity contribution >= 4 is 22.9 Å². The molecule has 0 saturated carbocycles. The second-order valence-electron chi connectivity index (χ2n) is 7.25. The maximum atomic E-state index is 13.2. The van der Waals surface area contributed by atoms with Gasteiger partial charge in [-0.1, -0.05) is 54.1 Å². The van der Waals surface area contributed by atoms with Gasteiger partial charge in [-0.3, -0.25) is 4.79 Å². The Kier molecular flexibility index (Phi) is 5.10. The number of anilines is 1. The third-order valence-electron chi connectivity index (χ3n) is 5.31. The molecule has 0 fully saturated rings. The van der Waals surface area contributed by atoms with Gasteiger partial charge >= 0.3 is 0 Å². The zero-order valence-electron chi connectivity index (χ0n) is 15.8. The molecule has 0 aliphatic carbocycles. The molecule has 4 rings (SSSR count). The Labute approximate surface area is 164 Å². The molecule has 0 radical (unpaired) electrons. The molecule has 2 aromatic carbocycles. The van der Waals surface area contributed by atoms with Crippen molar-refractivity contribution in [1.82, 2.24) is 0 Å². The summed E-state index contributed by atoms with van der Waals surface area (Å²) in [4.78, 5) is 16.4. The van der Waals surface area contributed by atoms with Gasteiger partial charge in [-0.2, -0.15) is 0 Å². The molecule has 2 N–H and O–H groups in total. The van der Waals surface area contributed by atoms with E-state index < -0.39 is 0 Å². The number of hydrogen-bond acceptors (Lipinski definition) is 2. The molecule has 1 aliphatic heterocycles. The van der Waals surface area contributed by atoms with Crippen LogP contribution in [0.25, 0.3) is 0 Å². The summed E-state index contributed by atoms with van der Waals surface area (Å²) in [5.41, 5.74) is 4.84. The van der Waals surface area contributed by atoms with E-state index >= 15 is 0 Å². The number of aryl methyl sites for hydroxylation is 1. The fourth-order valence-corrected chi connectivity index (χ4v) is 4.63. The number of carbonyl (C=O) groups is 1. The Hall–Kier alpha value is -2.43. The van der Waals surface area contributed by atoms with E-state index in [4.69, 9.17) is 0 Å². The normalized spacial score (nSPS) is 15.4. The standard InChI is InChI=1S/C23H24N2OS/c1-16-9-11-19(12-10-16)22(21-8-5-15-27-21)24-17(2)23(26)25-14-13-18-6-3-4-7-20(18)25/h3-12,15,17,22,24H,13-14H2,1-2H3/p+1/t17-,22+/m1/s1. The molecule has 27 heavy (non-hydrogen) atoms. The van der Waals surface area contributed by atoms with Gasteiger partial charge in [0.05, 0.1) is 4.88 Å². The number of nitrogens with two attached hydrogens (primary N) is 1. The van der Waals surface area contributed by atoms with Crippen LogP contribution in [0.5, 0.6) is 0 Å². The van der Waals surface area contributed by atoms with E-state index in [2.05, 4.69) is 66.2 Å². The van der Waals surface area contributed by atoms with Crippen LogP contribution in [0.2, 0.25) is 0 Å². The highest BCUT2D eigenvalue weighted by Crippen LogP contribution is 2.28. The lowest BCUT2D eigenvalue weighted by Crippen LogP contribution is -2.92. The second-order valence-corrected chi connectivity index (χ2v) is 8.23. The lowest BCUT2D eigenvalue weighted by atomic mass is 10.0. The summed E-state index contributed by atoms with van der Waals surface area (Å²) in [6.45, 7) is 4.91. The number of benzene rings is 2. The molecule has 0 bridgehead atoms. The lowest BCUT2D eigenvalue weighted by molar-refractivity contribution is -0.704. The van der Waals surface area contributed by atoms with Gasteiger partial charge in [0.2, 0.25) is 0 Å². The van der Waals surface area contributed by atoms with E-state index in [-0.39, 0.29) is 18.0 Å². The molecule has 1 aromatic heterocycles. The quantitative estimate of drug-likeness (QED) is 0.723. The molecule has 3 aromatic rings. The molecule has 0 saturated heterocycles. The first-order valence-corrected chi connectivity index (χ1v) is 10.4. The molecule has 2 heterocycles. The maximum Gasteiger partial charge on any atom is 0.284 e. The van der Waals surface area contributed by atoms with Gasteiger partial charge in [-0.25, -0.2) is 0 Å². The Balaban J connectivity index is 1.56. The molecule has 2 atom stereocenters. The molecule has 0 spiro atoms. The third kappa shape index (κ3) is 3.68. The second kappa shape index (κ2) is 7.67. The van der Waals surface area contributed by atoms with Gasteiger partial charge in [0.25, 0.3) is 5.91 Å². The minimum atomic E-state index is -0.149. The number of amides is 1. The third-order valence-corrected chi connectivity index (χ3v) is 6.27. The van der Waals surface area contributed by atoms with Crippen molar-refractivity contribution in [1.29, 1.82) is 0 Å². The Bertz CT molecular complexity index is 918. The van der Waals surface area contributed by atoms with Gasteiger partial charge in [-0.05, 0) is 43.3 Å². The van der Waals surface area contributed by atoms with Crippen LogP contribution in [0.4, 0.5) is 5.69 Å². The monoisotopic (exact) mass is 377 g/mol. The molecule has 1 aliphatic rings. The van der Waals surface area contributed by atoms with Crippen LogP contribution in [0.1, 0.15) is 34.5 Å². The fraction of sp³-hybridized carbons (Fsp3) is 0.261. The van der Waals surface area contributed by atoms with E-state index in [0.29, 0.717) is 0 Å². The van der Waals surface area contributed by atoms with Gasteiger partial charge in [0.1, 0.15) is 6.04 Å². The average molecular weight is 378 g/mol. The van der Waals surface area contributed by atoms with Crippen LogP contribution < -0.4 is 10.2 Å². The zero-order valence-corrected chi connectivity index (χ0v) is 16.6. The van der Waals surface area contributed by atoms with Gasteiger partial charge in [-0.15, -0.1) is 11.3 Å². The highest BCUT2D eigenvalue weighted by molar-refractivity contribution is 7.10. The average Bonchev–Trinajstić information content (AvgIpc) is 3.36. The number of rotatable bonds is 5. The highest BCUT2D eigenvalue weighted by Gasteiger charge is 2.32. The van der Waals surface area contributed by atoms with Crippen molar-refractivity contribution in [3.8, 4) is 0 Å². The number of para-hydroxylation sites is 1. The number of quaternary nitrogens is 1. The molecule has 138 valence electrons. The zero-order chi connectivity index (χ0) is 18.8. The summed E-state index contributed by atoms with van der Waals surface area (Å²) in [7, 11) is 0. The number of thiophene rings is 1. The van der Waals surface area contributed by atoms with Crippen LogP contribution in [0, 0.1) is 6.92 Å². The van der Waals surface area contributed by atoms with Gasteiger partial charge < -0.3 is 10.2 Å². The highest BCUT2D eigenvalue weighted by atomic mass is 32.1. The molecule has 0 unspecified atom stereocenters. The summed E-state index contributed by atoms with van der Waals surface area (Å²) < 4.78 is 0. The number of carbonyl (C=O) groups excluding carboxylic acids is 1. The van der Waals surface area contributed by atoms with E-state index in [9.17, 15) is 4.79 Å². The molecular weight excluding hydrogens is 352 g/mol. The van der Waals surface area contributed by atoms with Crippen molar-refractivity contribution in [2.75, 3.05) is 11.4 Å². The molecular formula is C23H25N2OS+. The molecule has 3 nitrogen and oxygen atoms in total. The van der Waals surface area contributed by atoms with Crippen molar-refractivity contribution in [3.05, 3.63) is 87.6 Å². The first kappa shape index (κ1) is 18.0. The van der Waals surface area contributed by atoms with Crippen LogP contribution in [-0.2, 0) is 11.2 Å². The minimum absolute atomic E-state index is 0.141. The van der Waals surface area contributed by atoms with Crippen molar-refractivity contribution < 1.29 is 10.1 Å². The first-order chi connectivity index (χ1) is 13.1. The predicted molar refractivity (Wildman–Crippen MR) is 111 cm³/mol. The first-order valence-electron chi connectivity index (χ1n) is 9.48. The van der Waals surface area contributed by atoms with Crippen LogP contribution >= 0.6 is 11.3 Å². The van der Waals surface area contributed by atoms with E-state index in [0.717, 1.165) is 18.7 Å². The summed E-state index contributed by atoms with van der Waals surface area (Å²) in [5, 5.41) is 4.31. The Morgan fingerprint density at radius 3 is 2.59 bits per heavy atom. The number of hydrogen-bond donors (Lipinski definition) is 1. The van der Waals surface area contributed by atoms with E-state index in [1.165, 1.54) is 21.6 Å². The minimum Gasteiger partial charge on any atom is -0.326 e. The largest absolute Gasteiger partial charge is 0.326 e. The SMILES string of the molecule is Cc1ccc([C@H]([NH2+][C@H](C)C(=O)N2CCc3ccccc32)c2cccs2)cc1. The summed E-state index contributed by atoms with van der Waals surface area (Å²) >= 11 is 1.75. The van der Waals surface area contributed by atoms with E-state index in [1.807, 2.05) is 24.0 Å². The smallest absolute Gasteiger partial charge is 0.284 e. The predicted octanol–water partition coefficient (Wildman–Crippen LogP) is 3.69. The van der Waals surface area contributed by atoms with Crippen molar-refractivity contribution in [2.24, 2.45) is 0 Å². The lowest BCUT2D eigenvalue weighted by Gasteiger charge is -2.24. The van der Waals surface area contributed by atoms with Crippen LogP contribution in [0.15, 0.2) is 66.0 Å². The van der Waals surface area contributed by atoms with Gasteiger partial charge in [0, 0.05) is 17.8 Å². The summed E-state index contributed by atoms with van der Waals surface area (Å²) in [6.07, 6.45) is 0.945. The van der Waals surface area contributed by atoms with E-state index in [1.54, 1.807) is 11.3 Å². The summed E-state index contributed by atoms with van der Waals surface area (Å²) in [6, 6.07) is 21.1. The number of nitrogens with zero attached hydrogens (tertiary/aromatic N) is 1. The topological polar surface area (TPSA) is 36.9 Å². The van der Waals surface area contributed by atoms with Crippen molar-refractivity contribution in [2.45, 2.75) is 32.4 Å². The fourth-order valence-electron chi connectivity index (χ4n) is 3.80. The number of fused-ring (bicyclic) bond motifs is 1. The molecule has 4 heteroatoms. The maximum absolute atomic E-state index is 13.2. The molecule has 1 amide bonds. The van der Waals surface area contributed by atoms with Crippen molar-refractivity contribution in [3.63, 3.8) is 0 Å². The van der Waals surface area contributed by atoms with Gasteiger partial charge in [0.15, 0.2) is 6.04 Å². The Morgan fingerprint density at radius 1 is 1.07 bits per heavy atom. The van der Waals surface area contributed by atoms with Crippen LogP contribution in [0.3, 0.4) is 0 Å².